The van der Waals surface area contributed by atoms with Crippen LogP contribution in [-0.4, -0.2) is 43.8 Å². The first kappa shape index (κ1) is 12.9. The number of rotatable bonds is 4. The third-order valence-corrected chi connectivity index (χ3v) is 3.23. The molecule has 96 valence electrons. The van der Waals surface area contributed by atoms with E-state index in [1.807, 2.05) is 24.3 Å². The van der Waals surface area contributed by atoms with Gasteiger partial charge < -0.3 is 10.1 Å². The van der Waals surface area contributed by atoms with Crippen LogP contribution in [0.1, 0.15) is 12.5 Å². The van der Waals surface area contributed by atoms with Crippen LogP contribution >= 0.6 is 0 Å². The number of ether oxygens (including phenoxy) is 1. The number of likely N-dealkylation sites (N-methyl/N-ethyl adjacent to an activating group) is 1. The zero-order chi connectivity index (χ0) is 12.8. The zero-order valence-electron chi connectivity index (χ0n) is 10.9. The summed E-state index contributed by atoms with van der Waals surface area (Å²) in [6.07, 6.45) is 5.64. The fourth-order valence-corrected chi connectivity index (χ4v) is 2.14. The van der Waals surface area contributed by atoms with E-state index >= 15 is 0 Å². The molecule has 3 heteroatoms. The molecule has 3 nitrogen and oxygen atoms in total. The average molecular weight is 244 g/mol. The molecule has 18 heavy (non-hydrogen) atoms. The third kappa shape index (κ3) is 3.49. The summed E-state index contributed by atoms with van der Waals surface area (Å²) in [4.78, 5) is 2.41. The Labute approximate surface area is 109 Å². The molecule has 1 atom stereocenters. The summed E-state index contributed by atoms with van der Waals surface area (Å²) in [5.74, 6) is 2.64. The fraction of sp³-hybridized carbons (Fsp3) is 0.467. The van der Waals surface area contributed by atoms with Crippen LogP contribution in [0.4, 0.5) is 5.69 Å². The van der Waals surface area contributed by atoms with Crippen LogP contribution in [0, 0.1) is 12.3 Å². The fourth-order valence-electron chi connectivity index (χ4n) is 2.14. The highest BCUT2D eigenvalue weighted by atomic mass is 16.5. The summed E-state index contributed by atoms with van der Waals surface area (Å²) in [6, 6.07) is 7.92. The third-order valence-electron chi connectivity index (χ3n) is 3.23. The molecule has 1 unspecified atom stereocenters. The van der Waals surface area contributed by atoms with Crippen molar-refractivity contribution in [2.45, 2.75) is 13.0 Å². The number of benzene rings is 1. The highest BCUT2D eigenvalue weighted by Crippen LogP contribution is 2.11. The molecule has 2 rings (SSSR count). The van der Waals surface area contributed by atoms with E-state index in [-0.39, 0.29) is 6.10 Å². The molecule has 0 radical (unpaired) electrons. The van der Waals surface area contributed by atoms with Crippen molar-refractivity contribution in [2.75, 3.05) is 38.1 Å². The number of terminal acetylenes is 1. The van der Waals surface area contributed by atoms with Gasteiger partial charge in [0.25, 0.3) is 0 Å². The Morgan fingerprint density at radius 3 is 3.22 bits per heavy atom. The summed E-state index contributed by atoms with van der Waals surface area (Å²) < 4.78 is 5.74. The molecule has 1 aliphatic rings. The van der Waals surface area contributed by atoms with Gasteiger partial charge in [-0.25, -0.2) is 0 Å². The maximum absolute atomic E-state index is 5.74. The lowest BCUT2D eigenvalue weighted by Gasteiger charge is -2.32. The number of morpholine rings is 1. The molecule has 1 heterocycles. The first-order valence-electron chi connectivity index (χ1n) is 6.46. The van der Waals surface area contributed by atoms with Crippen LogP contribution < -0.4 is 5.32 Å². The van der Waals surface area contributed by atoms with Crippen LogP contribution in [0.5, 0.6) is 0 Å². The predicted octanol–water partition coefficient (Wildman–Crippen LogP) is 1.80. The number of hydrogen-bond donors (Lipinski definition) is 1. The van der Waals surface area contributed by atoms with E-state index < -0.39 is 0 Å². The normalized spacial score (nSPS) is 20.3. The van der Waals surface area contributed by atoms with Crippen molar-refractivity contribution in [1.29, 1.82) is 0 Å². The molecule has 0 aliphatic carbocycles. The largest absolute Gasteiger partial charge is 0.382 e. The SMILES string of the molecule is C#Cc1cccc(NCC2CN(CC)CCO2)c1. The average Bonchev–Trinajstić information content (AvgIpc) is 2.45. The van der Waals surface area contributed by atoms with E-state index in [0.29, 0.717) is 0 Å². The lowest BCUT2D eigenvalue weighted by Crippen LogP contribution is -2.45. The molecule has 1 aromatic rings. The van der Waals surface area contributed by atoms with Crippen LogP contribution in [-0.2, 0) is 4.74 Å². The maximum Gasteiger partial charge on any atom is 0.0874 e. The molecule has 1 aliphatic heterocycles. The maximum atomic E-state index is 5.74. The molecular formula is C15H20N2O. The summed E-state index contributed by atoms with van der Waals surface area (Å²) in [5, 5.41) is 3.39. The Morgan fingerprint density at radius 1 is 1.56 bits per heavy atom. The topological polar surface area (TPSA) is 24.5 Å². The van der Waals surface area contributed by atoms with Gasteiger partial charge in [-0.15, -0.1) is 6.42 Å². The highest BCUT2D eigenvalue weighted by Gasteiger charge is 2.18. The molecule has 1 N–H and O–H groups in total. The van der Waals surface area contributed by atoms with Crippen molar-refractivity contribution in [1.82, 2.24) is 4.90 Å². The zero-order valence-corrected chi connectivity index (χ0v) is 10.9. The lowest BCUT2D eigenvalue weighted by atomic mass is 10.2. The minimum absolute atomic E-state index is 0.258. The van der Waals surface area contributed by atoms with Crippen LogP contribution in [0.25, 0.3) is 0 Å². The highest BCUT2D eigenvalue weighted by molar-refractivity contribution is 5.49. The van der Waals surface area contributed by atoms with Gasteiger partial charge in [0.2, 0.25) is 0 Å². The van der Waals surface area contributed by atoms with Gasteiger partial charge >= 0.3 is 0 Å². The van der Waals surface area contributed by atoms with Crippen molar-refractivity contribution in [2.24, 2.45) is 0 Å². The minimum Gasteiger partial charge on any atom is -0.382 e. The molecule has 0 amide bonds. The molecule has 0 aromatic heterocycles. The Morgan fingerprint density at radius 2 is 2.44 bits per heavy atom. The first-order chi connectivity index (χ1) is 8.81. The molecule has 1 fully saturated rings. The van der Waals surface area contributed by atoms with Gasteiger partial charge in [-0.3, -0.25) is 4.90 Å². The summed E-state index contributed by atoms with van der Waals surface area (Å²) >= 11 is 0. The predicted molar refractivity (Wildman–Crippen MR) is 74.7 cm³/mol. The molecule has 0 saturated carbocycles. The van der Waals surface area contributed by atoms with E-state index in [2.05, 4.69) is 23.1 Å². The summed E-state index contributed by atoms with van der Waals surface area (Å²) in [6.45, 7) is 6.96. The second-order valence-corrected chi connectivity index (χ2v) is 4.49. The van der Waals surface area contributed by atoms with E-state index in [1.165, 1.54) is 0 Å². The quantitative estimate of drug-likeness (QED) is 0.817. The van der Waals surface area contributed by atoms with Crippen molar-refractivity contribution in [3.63, 3.8) is 0 Å². The van der Waals surface area contributed by atoms with Crippen molar-refractivity contribution >= 4 is 5.69 Å². The van der Waals surface area contributed by atoms with Gasteiger partial charge in [0.15, 0.2) is 0 Å². The van der Waals surface area contributed by atoms with Gasteiger partial charge in [0, 0.05) is 30.9 Å². The Balaban J connectivity index is 1.85. The summed E-state index contributed by atoms with van der Waals surface area (Å²) in [7, 11) is 0. The van der Waals surface area contributed by atoms with E-state index in [4.69, 9.17) is 11.2 Å². The molecule has 1 aromatic carbocycles. The van der Waals surface area contributed by atoms with Gasteiger partial charge in [-0.2, -0.15) is 0 Å². The van der Waals surface area contributed by atoms with Gasteiger partial charge in [-0.05, 0) is 24.7 Å². The minimum atomic E-state index is 0.258. The smallest absolute Gasteiger partial charge is 0.0874 e. The van der Waals surface area contributed by atoms with Crippen molar-refractivity contribution in [3.8, 4) is 12.3 Å². The standard InChI is InChI=1S/C15H20N2O/c1-3-13-6-5-7-14(10-13)16-11-15-12-17(4-2)8-9-18-15/h1,5-7,10,15-16H,4,8-9,11-12H2,2H3. The molecule has 0 spiro atoms. The van der Waals surface area contributed by atoms with Gasteiger partial charge in [0.1, 0.15) is 0 Å². The Bertz CT molecular complexity index is 425. The Kier molecular flexibility index (Phi) is 4.63. The van der Waals surface area contributed by atoms with Crippen molar-refractivity contribution in [3.05, 3.63) is 29.8 Å². The monoisotopic (exact) mass is 244 g/mol. The Hall–Kier alpha value is -1.50. The van der Waals surface area contributed by atoms with Gasteiger partial charge in [0.05, 0.1) is 12.7 Å². The summed E-state index contributed by atoms with van der Waals surface area (Å²) in [5.41, 5.74) is 1.96. The number of nitrogens with one attached hydrogen (secondary N) is 1. The van der Waals surface area contributed by atoms with Crippen LogP contribution in [0.2, 0.25) is 0 Å². The van der Waals surface area contributed by atoms with E-state index in [1.54, 1.807) is 0 Å². The lowest BCUT2D eigenvalue weighted by molar-refractivity contribution is -0.0191. The second-order valence-electron chi connectivity index (χ2n) is 4.49. The number of anilines is 1. The van der Waals surface area contributed by atoms with Crippen LogP contribution in [0.15, 0.2) is 24.3 Å². The van der Waals surface area contributed by atoms with E-state index in [9.17, 15) is 0 Å². The van der Waals surface area contributed by atoms with Crippen LogP contribution in [0.3, 0.4) is 0 Å². The first-order valence-corrected chi connectivity index (χ1v) is 6.46. The van der Waals surface area contributed by atoms with Crippen molar-refractivity contribution < 1.29 is 4.74 Å². The molecular weight excluding hydrogens is 224 g/mol. The second kappa shape index (κ2) is 6.44. The number of hydrogen-bond acceptors (Lipinski definition) is 3. The van der Waals surface area contributed by atoms with E-state index in [0.717, 1.165) is 44.0 Å². The molecule has 0 bridgehead atoms. The molecule has 1 saturated heterocycles. The van der Waals surface area contributed by atoms with Gasteiger partial charge in [-0.1, -0.05) is 18.9 Å². The number of nitrogens with zero attached hydrogens (tertiary/aromatic N) is 1.